The molecule has 2 aromatic carbocycles. The average Bonchev–Trinajstić information content (AvgIpc) is 3.45. The smallest absolute Gasteiger partial charge is 0.273 e. The Morgan fingerprint density at radius 1 is 1.03 bits per heavy atom. The van der Waals surface area contributed by atoms with Gasteiger partial charge in [-0.05, 0) is 49.6 Å². The maximum Gasteiger partial charge on any atom is 0.273 e. The number of amides is 1. The van der Waals surface area contributed by atoms with Crippen LogP contribution in [0, 0.1) is 6.92 Å². The van der Waals surface area contributed by atoms with Gasteiger partial charge >= 0.3 is 0 Å². The number of fused-ring (bicyclic) bond motifs is 1. The van der Waals surface area contributed by atoms with E-state index in [1.54, 1.807) is 12.4 Å². The lowest BCUT2D eigenvalue weighted by Crippen LogP contribution is -2.29. The number of carbonyl (C=O) groups excluding carboxylic acids is 1. The zero-order valence-corrected chi connectivity index (χ0v) is 21.5. The first-order valence-electron chi connectivity index (χ1n) is 12.8. The van der Waals surface area contributed by atoms with Gasteiger partial charge < -0.3 is 14.4 Å². The van der Waals surface area contributed by atoms with Crippen molar-refractivity contribution in [2.24, 2.45) is 0 Å². The Balaban J connectivity index is 1.60. The minimum atomic E-state index is -0.346. The van der Waals surface area contributed by atoms with Crippen molar-refractivity contribution in [2.75, 3.05) is 13.2 Å². The molecule has 1 aliphatic heterocycles. The number of unbranched alkanes of at least 4 members (excludes halogenated alkanes) is 1. The van der Waals surface area contributed by atoms with Crippen LogP contribution in [0.1, 0.15) is 65.5 Å². The van der Waals surface area contributed by atoms with Gasteiger partial charge in [0.1, 0.15) is 5.69 Å². The molecule has 0 saturated heterocycles. The predicted molar refractivity (Wildman–Crippen MR) is 143 cm³/mol. The Labute approximate surface area is 217 Å². The molecule has 7 heteroatoms. The molecule has 1 aliphatic rings. The number of aromatic amines is 1. The van der Waals surface area contributed by atoms with E-state index in [1.807, 2.05) is 54.3 Å². The molecular formula is C30H32N4O3. The fourth-order valence-corrected chi connectivity index (χ4v) is 4.73. The van der Waals surface area contributed by atoms with Crippen molar-refractivity contribution >= 4 is 5.91 Å². The SMILES string of the molecule is CCCCOc1ccc(C2c3c(-c4ccc(C)cc4)n[nH]c3C(=O)N2Cc2cccnc2)cc1OCC. The largest absolute Gasteiger partial charge is 0.490 e. The number of benzene rings is 2. The molecule has 1 unspecified atom stereocenters. The number of pyridine rings is 1. The van der Waals surface area contributed by atoms with Crippen molar-refractivity contribution in [3.05, 3.63) is 94.9 Å². The molecule has 0 radical (unpaired) electrons. The van der Waals surface area contributed by atoms with E-state index in [0.29, 0.717) is 37.0 Å². The summed E-state index contributed by atoms with van der Waals surface area (Å²) < 4.78 is 12.0. The highest BCUT2D eigenvalue weighted by atomic mass is 16.5. The molecular weight excluding hydrogens is 464 g/mol. The summed E-state index contributed by atoms with van der Waals surface area (Å²) in [6.45, 7) is 7.72. The lowest BCUT2D eigenvalue weighted by molar-refractivity contribution is 0.0729. The van der Waals surface area contributed by atoms with E-state index in [1.165, 1.54) is 5.56 Å². The maximum atomic E-state index is 13.7. The molecule has 0 bridgehead atoms. The lowest BCUT2D eigenvalue weighted by atomic mass is 9.95. The summed E-state index contributed by atoms with van der Waals surface area (Å²) >= 11 is 0. The minimum absolute atomic E-state index is 0.0871. The number of H-pyrrole nitrogens is 1. The molecule has 37 heavy (non-hydrogen) atoms. The van der Waals surface area contributed by atoms with E-state index >= 15 is 0 Å². The Hall–Kier alpha value is -4.13. The molecule has 0 spiro atoms. The molecule has 1 amide bonds. The quantitative estimate of drug-likeness (QED) is 0.268. The van der Waals surface area contributed by atoms with Gasteiger partial charge in [0.25, 0.3) is 5.91 Å². The zero-order valence-electron chi connectivity index (χ0n) is 21.5. The van der Waals surface area contributed by atoms with E-state index in [9.17, 15) is 4.79 Å². The number of aryl methyl sites for hydroxylation is 1. The van der Waals surface area contributed by atoms with Gasteiger partial charge in [0, 0.05) is 30.1 Å². The van der Waals surface area contributed by atoms with Crippen LogP contribution in [0.4, 0.5) is 0 Å². The van der Waals surface area contributed by atoms with Crippen molar-refractivity contribution in [1.82, 2.24) is 20.1 Å². The summed E-state index contributed by atoms with van der Waals surface area (Å²) in [5.41, 5.74) is 6.21. The van der Waals surface area contributed by atoms with Crippen LogP contribution < -0.4 is 9.47 Å². The highest BCUT2D eigenvalue weighted by molar-refractivity contribution is 6.00. The monoisotopic (exact) mass is 496 g/mol. The predicted octanol–water partition coefficient (Wildman–Crippen LogP) is 6.10. The molecule has 5 rings (SSSR count). The molecule has 7 nitrogen and oxygen atoms in total. The summed E-state index contributed by atoms with van der Waals surface area (Å²) in [4.78, 5) is 19.8. The standard InChI is InChI=1S/C30H32N4O3/c1-4-6-16-37-24-14-13-23(17-25(24)36-5-2)29-26-27(22-11-9-20(3)10-12-22)32-33-28(26)30(35)34(29)19-21-8-7-15-31-18-21/h7-15,17-18,29H,4-6,16,19H2,1-3H3,(H,32,33). The number of nitrogens with zero attached hydrogens (tertiary/aromatic N) is 3. The van der Waals surface area contributed by atoms with Crippen LogP contribution >= 0.6 is 0 Å². The molecule has 3 heterocycles. The highest BCUT2D eigenvalue weighted by Crippen LogP contribution is 2.45. The van der Waals surface area contributed by atoms with Crippen LogP contribution in [-0.2, 0) is 6.54 Å². The highest BCUT2D eigenvalue weighted by Gasteiger charge is 2.42. The van der Waals surface area contributed by atoms with Crippen LogP contribution in [0.2, 0.25) is 0 Å². The zero-order chi connectivity index (χ0) is 25.8. The summed E-state index contributed by atoms with van der Waals surface area (Å²) in [5.74, 6) is 1.31. The Bertz CT molecular complexity index is 1370. The molecule has 1 atom stereocenters. The van der Waals surface area contributed by atoms with E-state index < -0.39 is 0 Å². The lowest BCUT2D eigenvalue weighted by Gasteiger charge is -2.27. The van der Waals surface area contributed by atoms with Gasteiger partial charge in [-0.2, -0.15) is 5.10 Å². The molecule has 0 fully saturated rings. The van der Waals surface area contributed by atoms with Gasteiger partial charge in [-0.1, -0.05) is 55.3 Å². The maximum absolute atomic E-state index is 13.7. The van der Waals surface area contributed by atoms with Crippen molar-refractivity contribution < 1.29 is 14.3 Å². The van der Waals surface area contributed by atoms with E-state index in [0.717, 1.165) is 40.8 Å². The molecule has 190 valence electrons. The van der Waals surface area contributed by atoms with Crippen molar-refractivity contribution in [3.8, 4) is 22.8 Å². The second-order valence-corrected chi connectivity index (χ2v) is 9.26. The number of rotatable bonds is 10. The van der Waals surface area contributed by atoms with Crippen LogP contribution in [0.15, 0.2) is 67.0 Å². The topological polar surface area (TPSA) is 80.3 Å². The van der Waals surface area contributed by atoms with Crippen molar-refractivity contribution in [3.63, 3.8) is 0 Å². The first-order chi connectivity index (χ1) is 18.1. The van der Waals surface area contributed by atoms with Crippen molar-refractivity contribution in [1.29, 1.82) is 0 Å². The number of hydrogen-bond acceptors (Lipinski definition) is 5. The van der Waals surface area contributed by atoms with Gasteiger partial charge in [0.05, 0.1) is 24.9 Å². The molecule has 0 aliphatic carbocycles. The molecule has 4 aromatic rings. The summed E-state index contributed by atoms with van der Waals surface area (Å²) in [6.07, 6.45) is 5.56. The summed E-state index contributed by atoms with van der Waals surface area (Å²) in [6, 6.07) is 17.7. The first kappa shape index (κ1) is 24.6. The van der Waals surface area contributed by atoms with Crippen LogP contribution in [0.25, 0.3) is 11.3 Å². The second kappa shape index (κ2) is 10.9. The molecule has 2 aromatic heterocycles. The van der Waals surface area contributed by atoms with E-state index in [2.05, 4.69) is 41.2 Å². The third-order valence-electron chi connectivity index (χ3n) is 6.60. The van der Waals surface area contributed by atoms with Gasteiger partial charge in [0.15, 0.2) is 11.5 Å². The van der Waals surface area contributed by atoms with Gasteiger partial charge in [0.2, 0.25) is 0 Å². The summed E-state index contributed by atoms with van der Waals surface area (Å²) in [5, 5.41) is 7.63. The van der Waals surface area contributed by atoms with Gasteiger partial charge in [-0.25, -0.2) is 0 Å². The van der Waals surface area contributed by atoms with E-state index in [4.69, 9.17) is 9.47 Å². The third kappa shape index (κ3) is 4.94. The number of hydrogen-bond donors (Lipinski definition) is 1. The van der Waals surface area contributed by atoms with Crippen molar-refractivity contribution in [2.45, 2.75) is 46.2 Å². The van der Waals surface area contributed by atoms with E-state index in [-0.39, 0.29) is 11.9 Å². The Morgan fingerprint density at radius 2 is 1.86 bits per heavy atom. The fraction of sp³-hybridized carbons (Fsp3) is 0.300. The normalized spacial score (nSPS) is 14.6. The molecule has 0 saturated carbocycles. The van der Waals surface area contributed by atoms with Gasteiger partial charge in [-0.15, -0.1) is 0 Å². The first-order valence-corrected chi connectivity index (χ1v) is 12.8. The van der Waals surface area contributed by atoms with Crippen LogP contribution in [-0.4, -0.2) is 39.2 Å². The number of ether oxygens (including phenoxy) is 2. The average molecular weight is 497 g/mol. The second-order valence-electron chi connectivity index (χ2n) is 9.26. The van der Waals surface area contributed by atoms with Crippen LogP contribution in [0.3, 0.4) is 0 Å². The fourth-order valence-electron chi connectivity index (χ4n) is 4.73. The number of aromatic nitrogens is 3. The Morgan fingerprint density at radius 3 is 2.59 bits per heavy atom. The number of nitrogens with one attached hydrogen (secondary N) is 1. The number of carbonyl (C=O) groups is 1. The molecule has 1 N–H and O–H groups in total. The summed E-state index contributed by atoms with van der Waals surface area (Å²) in [7, 11) is 0. The van der Waals surface area contributed by atoms with Gasteiger partial charge in [-0.3, -0.25) is 14.9 Å². The minimum Gasteiger partial charge on any atom is -0.490 e. The third-order valence-corrected chi connectivity index (χ3v) is 6.60. The van der Waals surface area contributed by atoms with Crippen LogP contribution in [0.5, 0.6) is 11.5 Å². The Kier molecular flexibility index (Phi) is 7.21.